The fraction of sp³-hybridized carbons (Fsp3) is 0.167. The third kappa shape index (κ3) is 3.31. The lowest BCUT2D eigenvalue weighted by Gasteiger charge is -2.08. The van der Waals surface area contributed by atoms with E-state index in [2.05, 4.69) is 4.72 Å². The van der Waals surface area contributed by atoms with E-state index in [9.17, 15) is 8.42 Å². The zero-order chi connectivity index (χ0) is 13.9. The lowest BCUT2D eigenvalue weighted by atomic mass is 10.3. The molecule has 7 heteroatoms. The average Bonchev–Trinajstić information content (AvgIpc) is 2.90. The standard InChI is InChI=1S/C12H14N2O3S2/c1-14-19(15,16)10-4-5-11(13)12(7-10)18-8-9-3-2-6-17-9/h2-7,14H,8,13H2,1H3. The van der Waals surface area contributed by atoms with Gasteiger partial charge in [0.05, 0.1) is 16.9 Å². The number of furan rings is 1. The maximum atomic E-state index is 11.7. The summed E-state index contributed by atoms with van der Waals surface area (Å²) < 4.78 is 30.9. The predicted molar refractivity (Wildman–Crippen MR) is 75.4 cm³/mol. The Balaban J connectivity index is 2.22. The van der Waals surface area contributed by atoms with Gasteiger partial charge in [0.25, 0.3) is 0 Å². The van der Waals surface area contributed by atoms with E-state index in [1.165, 1.54) is 24.9 Å². The van der Waals surface area contributed by atoms with Crippen LogP contribution in [0.15, 0.2) is 50.8 Å². The lowest BCUT2D eigenvalue weighted by Crippen LogP contribution is -2.18. The van der Waals surface area contributed by atoms with Gasteiger partial charge in [0.15, 0.2) is 0 Å². The fourth-order valence-corrected chi connectivity index (χ4v) is 3.21. The number of benzene rings is 1. The molecule has 1 heterocycles. The number of nitrogens with one attached hydrogen (secondary N) is 1. The molecule has 0 radical (unpaired) electrons. The minimum Gasteiger partial charge on any atom is -0.468 e. The first kappa shape index (κ1) is 14.0. The molecule has 0 saturated carbocycles. The van der Waals surface area contributed by atoms with Crippen molar-refractivity contribution in [1.82, 2.24) is 4.72 Å². The van der Waals surface area contributed by atoms with Crippen LogP contribution in [0.2, 0.25) is 0 Å². The molecular weight excluding hydrogens is 284 g/mol. The molecule has 0 aliphatic rings. The summed E-state index contributed by atoms with van der Waals surface area (Å²) in [7, 11) is -2.08. The Labute approximate surface area is 116 Å². The fourth-order valence-electron chi connectivity index (χ4n) is 1.47. The molecule has 19 heavy (non-hydrogen) atoms. The third-order valence-electron chi connectivity index (χ3n) is 2.51. The quantitative estimate of drug-likeness (QED) is 0.652. The van der Waals surface area contributed by atoms with Gasteiger partial charge in [-0.2, -0.15) is 0 Å². The van der Waals surface area contributed by atoms with Crippen molar-refractivity contribution >= 4 is 27.5 Å². The summed E-state index contributed by atoms with van der Waals surface area (Å²) in [5, 5.41) is 0. The summed E-state index contributed by atoms with van der Waals surface area (Å²) in [6.45, 7) is 0. The van der Waals surface area contributed by atoms with Gasteiger partial charge < -0.3 is 10.2 Å². The zero-order valence-electron chi connectivity index (χ0n) is 10.3. The number of sulfonamides is 1. The molecule has 5 nitrogen and oxygen atoms in total. The first-order valence-electron chi connectivity index (χ1n) is 5.51. The molecule has 1 aromatic carbocycles. The molecule has 2 aromatic rings. The van der Waals surface area contributed by atoms with Crippen LogP contribution in [0.25, 0.3) is 0 Å². The van der Waals surface area contributed by atoms with Crippen molar-refractivity contribution in [2.75, 3.05) is 12.8 Å². The van der Waals surface area contributed by atoms with Gasteiger partial charge in [0.1, 0.15) is 5.76 Å². The second-order valence-electron chi connectivity index (χ2n) is 3.78. The Morgan fingerprint density at radius 2 is 2.16 bits per heavy atom. The van der Waals surface area contributed by atoms with Crippen LogP contribution in [-0.2, 0) is 15.8 Å². The normalized spacial score (nSPS) is 11.6. The molecule has 2 rings (SSSR count). The van der Waals surface area contributed by atoms with Crippen LogP contribution in [0.3, 0.4) is 0 Å². The summed E-state index contributed by atoms with van der Waals surface area (Å²) in [6, 6.07) is 8.31. The molecule has 3 N–H and O–H groups in total. The monoisotopic (exact) mass is 298 g/mol. The summed E-state index contributed by atoms with van der Waals surface area (Å²) in [5.74, 6) is 1.41. The molecule has 102 valence electrons. The first-order valence-corrected chi connectivity index (χ1v) is 7.98. The number of anilines is 1. The van der Waals surface area contributed by atoms with E-state index in [0.717, 1.165) is 5.76 Å². The minimum absolute atomic E-state index is 0.200. The Morgan fingerprint density at radius 3 is 2.79 bits per heavy atom. The van der Waals surface area contributed by atoms with Crippen LogP contribution in [-0.4, -0.2) is 15.5 Å². The predicted octanol–water partition coefficient (Wildman–Crippen LogP) is 2.06. The average molecular weight is 298 g/mol. The van der Waals surface area contributed by atoms with Crippen LogP contribution in [0.5, 0.6) is 0 Å². The van der Waals surface area contributed by atoms with Gasteiger partial charge in [-0.25, -0.2) is 13.1 Å². The molecule has 0 saturated heterocycles. The lowest BCUT2D eigenvalue weighted by molar-refractivity contribution is 0.530. The molecule has 0 amide bonds. The molecule has 0 spiro atoms. The van der Waals surface area contributed by atoms with E-state index < -0.39 is 10.0 Å². The van der Waals surface area contributed by atoms with Crippen LogP contribution in [0.1, 0.15) is 5.76 Å². The number of nitrogens with two attached hydrogens (primary N) is 1. The second kappa shape index (κ2) is 5.68. The van der Waals surface area contributed by atoms with Crippen LogP contribution >= 0.6 is 11.8 Å². The van der Waals surface area contributed by atoms with E-state index in [1.807, 2.05) is 6.07 Å². The summed E-state index contributed by atoms with van der Waals surface area (Å²) in [6.07, 6.45) is 1.60. The van der Waals surface area contributed by atoms with Crippen LogP contribution < -0.4 is 10.5 Å². The van der Waals surface area contributed by atoms with Crippen molar-refractivity contribution in [3.05, 3.63) is 42.4 Å². The summed E-state index contributed by atoms with van der Waals surface area (Å²) in [5.41, 5.74) is 6.39. The van der Waals surface area contributed by atoms with Gasteiger partial charge in [-0.15, -0.1) is 11.8 Å². The molecule has 0 unspecified atom stereocenters. The van der Waals surface area contributed by atoms with Crippen molar-refractivity contribution in [3.8, 4) is 0 Å². The van der Waals surface area contributed by atoms with Gasteiger partial charge in [-0.05, 0) is 37.4 Å². The molecule has 0 aliphatic carbocycles. The Bertz CT molecular complexity index is 652. The van der Waals surface area contributed by atoms with Gasteiger partial charge in [-0.1, -0.05) is 0 Å². The molecule has 0 fully saturated rings. The smallest absolute Gasteiger partial charge is 0.240 e. The zero-order valence-corrected chi connectivity index (χ0v) is 11.9. The minimum atomic E-state index is -3.45. The Morgan fingerprint density at radius 1 is 1.37 bits per heavy atom. The highest BCUT2D eigenvalue weighted by Crippen LogP contribution is 2.30. The van der Waals surface area contributed by atoms with Gasteiger partial charge in [0.2, 0.25) is 10.0 Å². The number of hydrogen-bond acceptors (Lipinski definition) is 5. The maximum absolute atomic E-state index is 11.7. The van der Waals surface area contributed by atoms with E-state index in [4.69, 9.17) is 10.2 Å². The van der Waals surface area contributed by atoms with Gasteiger partial charge >= 0.3 is 0 Å². The molecule has 0 aliphatic heterocycles. The van der Waals surface area contributed by atoms with E-state index in [1.54, 1.807) is 24.5 Å². The Kier molecular flexibility index (Phi) is 4.18. The van der Waals surface area contributed by atoms with Crippen molar-refractivity contribution in [1.29, 1.82) is 0 Å². The van der Waals surface area contributed by atoms with Crippen molar-refractivity contribution < 1.29 is 12.8 Å². The van der Waals surface area contributed by atoms with E-state index in [0.29, 0.717) is 16.3 Å². The highest BCUT2D eigenvalue weighted by atomic mass is 32.2. The third-order valence-corrected chi connectivity index (χ3v) is 5.02. The largest absolute Gasteiger partial charge is 0.468 e. The number of hydrogen-bond donors (Lipinski definition) is 2. The number of thioether (sulfide) groups is 1. The molecule has 1 aromatic heterocycles. The summed E-state index contributed by atoms with van der Waals surface area (Å²) >= 11 is 1.43. The maximum Gasteiger partial charge on any atom is 0.240 e. The van der Waals surface area contributed by atoms with E-state index >= 15 is 0 Å². The highest BCUT2D eigenvalue weighted by molar-refractivity contribution is 7.98. The highest BCUT2D eigenvalue weighted by Gasteiger charge is 2.13. The number of rotatable bonds is 5. The molecule has 0 bridgehead atoms. The van der Waals surface area contributed by atoms with Crippen LogP contribution in [0, 0.1) is 0 Å². The first-order chi connectivity index (χ1) is 9.03. The topological polar surface area (TPSA) is 85.3 Å². The van der Waals surface area contributed by atoms with Crippen LogP contribution in [0.4, 0.5) is 5.69 Å². The van der Waals surface area contributed by atoms with Crippen molar-refractivity contribution in [2.24, 2.45) is 0 Å². The second-order valence-corrected chi connectivity index (χ2v) is 6.68. The van der Waals surface area contributed by atoms with Gasteiger partial charge in [-0.3, -0.25) is 0 Å². The molecular formula is C12H14N2O3S2. The van der Waals surface area contributed by atoms with Crippen molar-refractivity contribution in [3.63, 3.8) is 0 Å². The van der Waals surface area contributed by atoms with Crippen molar-refractivity contribution in [2.45, 2.75) is 15.5 Å². The SMILES string of the molecule is CNS(=O)(=O)c1ccc(N)c(SCc2ccco2)c1. The van der Waals surface area contributed by atoms with Gasteiger partial charge in [0, 0.05) is 10.6 Å². The number of nitrogen functional groups attached to an aromatic ring is 1. The summed E-state index contributed by atoms with van der Waals surface area (Å²) in [4.78, 5) is 0.916. The van der Waals surface area contributed by atoms with E-state index in [-0.39, 0.29) is 4.90 Å². The molecule has 0 atom stereocenters. The Hall–Kier alpha value is -1.44.